The lowest BCUT2D eigenvalue weighted by molar-refractivity contribution is -0.0535. The maximum atomic E-state index is 5.63. The number of hydrogen-bond acceptors (Lipinski definition) is 3. The molecule has 1 saturated heterocycles. The van der Waals surface area contributed by atoms with Gasteiger partial charge in [-0.1, -0.05) is 13.3 Å². The van der Waals surface area contributed by atoms with Gasteiger partial charge in [0, 0.05) is 19.1 Å². The summed E-state index contributed by atoms with van der Waals surface area (Å²) in [6.07, 6.45) is 2.95. The summed E-state index contributed by atoms with van der Waals surface area (Å²) >= 11 is 4.44. The van der Waals surface area contributed by atoms with Crippen LogP contribution in [0.4, 0.5) is 0 Å². The highest BCUT2D eigenvalue weighted by molar-refractivity contribution is 7.80. The molecule has 3 atom stereocenters. The van der Waals surface area contributed by atoms with E-state index in [1.54, 1.807) is 0 Å². The van der Waals surface area contributed by atoms with Gasteiger partial charge in [0.05, 0.1) is 12.7 Å². The van der Waals surface area contributed by atoms with Crippen LogP contribution in [-0.4, -0.2) is 42.5 Å². The first-order valence-corrected chi connectivity index (χ1v) is 6.77. The average Bonchev–Trinajstić information content (AvgIpc) is 2.22. The first kappa shape index (κ1) is 13.3. The molecule has 90 valence electrons. The third kappa shape index (κ3) is 4.33. The third-order valence-electron chi connectivity index (χ3n) is 3.18. The van der Waals surface area contributed by atoms with Gasteiger partial charge in [0.25, 0.3) is 0 Å². The molecule has 1 heterocycles. The van der Waals surface area contributed by atoms with E-state index in [0.29, 0.717) is 12.1 Å². The Bertz CT molecular complexity index is 177. The van der Waals surface area contributed by atoms with Gasteiger partial charge in [-0.15, -0.1) is 0 Å². The highest BCUT2D eigenvalue weighted by atomic mass is 32.1. The van der Waals surface area contributed by atoms with Crippen LogP contribution in [0.15, 0.2) is 0 Å². The van der Waals surface area contributed by atoms with Crippen LogP contribution in [0.5, 0.6) is 0 Å². The predicted molar refractivity (Wildman–Crippen MR) is 68.7 cm³/mol. The molecule has 0 radical (unpaired) electrons. The van der Waals surface area contributed by atoms with E-state index >= 15 is 0 Å². The topological polar surface area (TPSA) is 12.5 Å². The molecule has 0 aromatic heterocycles. The van der Waals surface area contributed by atoms with Gasteiger partial charge in [-0.25, -0.2) is 0 Å². The van der Waals surface area contributed by atoms with E-state index in [1.165, 1.54) is 19.4 Å². The monoisotopic (exact) mass is 231 g/mol. The van der Waals surface area contributed by atoms with Crippen molar-refractivity contribution < 1.29 is 4.74 Å². The van der Waals surface area contributed by atoms with Gasteiger partial charge in [0.2, 0.25) is 0 Å². The van der Waals surface area contributed by atoms with Crippen LogP contribution in [0.25, 0.3) is 0 Å². The van der Waals surface area contributed by atoms with Crippen molar-refractivity contribution in [2.45, 2.75) is 45.8 Å². The fraction of sp³-hybridized carbons (Fsp3) is 1.00. The fourth-order valence-electron chi connectivity index (χ4n) is 2.21. The second kappa shape index (κ2) is 6.77. The van der Waals surface area contributed by atoms with Crippen LogP contribution in [0, 0.1) is 5.92 Å². The minimum Gasteiger partial charge on any atom is -0.376 e. The molecule has 0 aromatic carbocycles. The van der Waals surface area contributed by atoms with E-state index in [2.05, 4.69) is 38.3 Å². The molecule has 3 heteroatoms. The van der Waals surface area contributed by atoms with Gasteiger partial charge in [-0.3, -0.25) is 4.90 Å². The van der Waals surface area contributed by atoms with Gasteiger partial charge < -0.3 is 4.74 Å². The molecular weight excluding hydrogens is 206 g/mol. The first-order chi connectivity index (χ1) is 7.17. The van der Waals surface area contributed by atoms with Gasteiger partial charge >= 0.3 is 0 Å². The molecule has 2 nitrogen and oxygen atoms in total. The SMILES string of the molecule is CCCC(CS)CN1CC(C)OCC1C. The van der Waals surface area contributed by atoms with Gasteiger partial charge in [-0.05, 0) is 31.9 Å². The number of rotatable bonds is 5. The molecule has 0 bridgehead atoms. The van der Waals surface area contributed by atoms with Gasteiger partial charge in [0.1, 0.15) is 0 Å². The number of ether oxygens (including phenoxy) is 1. The van der Waals surface area contributed by atoms with E-state index in [9.17, 15) is 0 Å². The van der Waals surface area contributed by atoms with Gasteiger partial charge in [0.15, 0.2) is 0 Å². The zero-order valence-electron chi connectivity index (χ0n) is 10.3. The molecule has 1 rings (SSSR count). The van der Waals surface area contributed by atoms with Crippen LogP contribution in [0.3, 0.4) is 0 Å². The van der Waals surface area contributed by atoms with Crippen molar-refractivity contribution in [1.82, 2.24) is 4.90 Å². The van der Waals surface area contributed by atoms with Crippen LogP contribution in [0.1, 0.15) is 33.6 Å². The quantitative estimate of drug-likeness (QED) is 0.730. The Balaban J connectivity index is 2.39. The zero-order valence-corrected chi connectivity index (χ0v) is 11.2. The third-order valence-corrected chi connectivity index (χ3v) is 3.70. The summed E-state index contributed by atoms with van der Waals surface area (Å²) in [7, 11) is 0. The molecule has 0 N–H and O–H groups in total. The smallest absolute Gasteiger partial charge is 0.0674 e. The van der Waals surface area contributed by atoms with Crippen molar-refractivity contribution in [1.29, 1.82) is 0 Å². The zero-order chi connectivity index (χ0) is 11.3. The van der Waals surface area contributed by atoms with Gasteiger partial charge in [-0.2, -0.15) is 12.6 Å². The largest absolute Gasteiger partial charge is 0.376 e. The number of hydrogen-bond donors (Lipinski definition) is 1. The van der Waals surface area contributed by atoms with Crippen molar-refractivity contribution in [2.75, 3.05) is 25.4 Å². The molecular formula is C12H25NOS. The average molecular weight is 231 g/mol. The van der Waals surface area contributed by atoms with Crippen molar-refractivity contribution >= 4 is 12.6 Å². The Labute approximate surface area is 99.8 Å². The van der Waals surface area contributed by atoms with Crippen LogP contribution < -0.4 is 0 Å². The van der Waals surface area contributed by atoms with E-state index in [-0.39, 0.29) is 0 Å². The van der Waals surface area contributed by atoms with Crippen molar-refractivity contribution in [3.05, 3.63) is 0 Å². The molecule has 15 heavy (non-hydrogen) atoms. The Kier molecular flexibility index (Phi) is 6.02. The summed E-state index contributed by atoms with van der Waals surface area (Å²) in [6.45, 7) is 9.82. The maximum Gasteiger partial charge on any atom is 0.0674 e. The molecule has 0 spiro atoms. The number of morpholine rings is 1. The molecule has 1 fully saturated rings. The second-order valence-corrected chi connectivity index (χ2v) is 5.15. The minimum absolute atomic E-state index is 0.392. The van der Waals surface area contributed by atoms with E-state index in [1.807, 2.05) is 0 Å². The predicted octanol–water partition coefficient (Wildman–Crippen LogP) is 2.44. The molecule has 1 aliphatic heterocycles. The summed E-state index contributed by atoms with van der Waals surface area (Å²) in [5, 5.41) is 0. The molecule has 0 amide bonds. The first-order valence-electron chi connectivity index (χ1n) is 6.13. The lowest BCUT2D eigenvalue weighted by Crippen LogP contribution is -2.49. The van der Waals surface area contributed by atoms with Crippen LogP contribution >= 0.6 is 12.6 Å². The highest BCUT2D eigenvalue weighted by Crippen LogP contribution is 2.16. The number of thiol groups is 1. The Morgan fingerprint density at radius 3 is 2.80 bits per heavy atom. The van der Waals surface area contributed by atoms with E-state index < -0.39 is 0 Å². The van der Waals surface area contributed by atoms with E-state index in [0.717, 1.165) is 24.8 Å². The second-order valence-electron chi connectivity index (χ2n) is 4.78. The Morgan fingerprint density at radius 2 is 2.20 bits per heavy atom. The number of nitrogens with zero attached hydrogens (tertiary/aromatic N) is 1. The molecule has 0 aliphatic carbocycles. The lowest BCUT2D eigenvalue weighted by atomic mass is 10.0. The lowest BCUT2D eigenvalue weighted by Gasteiger charge is -2.38. The fourth-order valence-corrected chi connectivity index (χ4v) is 2.50. The Hall–Kier alpha value is 0.270. The van der Waals surface area contributed by atoms with Crippen LogP contribution in [-0.2, 0) is 4.74 Å². The summed E-state index contributed by atoms with van der Waals surface area (Å²) < 4.78 is 5.63. The van der Waals surface area contributed by atoms with Crippen LogP contribution in [0.2, 0.25) is 0 Å². The summed E-state index contributed by atoms with van der Waals surface area (Å²) in [4.78, 5) is 2.56. The van der Waals surface area contributed by atoms with Crippen molar-refractivity contribution in [2.24, 2.45) is 5.92 Å². The summed E-state index contributed by atoms with van der Waals surface area (Å²) in [5.74, 6) is 1.75. The highest BCUT2D eigenvalue weighted by Gasteiger charge is 2.24. The molecule has 1 aliphatic rings. The summed E-state index contributed by atoms with van der Waals surface area (Å²) in [6, 6.07) is 0.570. The maximum absolute atomic E-state index is 5.63. The Morgan fingerprint density at radius 1 is 1.47 bits per heavy atom. The minimum atomic E-state index is 0.392. The van der Waals surface area contributed by atoms with Crippen molar-refractivity contribution in [3.8, 4) is 0 Å². The van der Waals surface area contributed by atoms with E-state index in [4.69, 9.17) is 4.74 Å². The molecule has 3 unspecified atom stereocenters. The summed E-state index contributed by atoms with van der Waals surface area (Å²) in [5.41, 5.74) is 0. The molecule has 0 aromatic rings. The standard InChI is InChI=1S/C12H25NOS/c1-4-5-12(9-15)7-13-6-11(3)14-8-10(13)2/h10-12,15H,4-9H2,1-3H3. The van der Waals surface area contributed by atoms with Crippen molar-refractivity contribution in [3.63, 3.8) is 0 Å². The molecule has 0 saturated carbocycles. The normalized spacial score (nSPS) is 30.4.